The predicted molar refractivity (Wildman–Crippen MR) is 133 cm³/mol. The van der Waals surface area contributed by atoms with Crippen LogP contribution in [-0.2, 0) is 6.54 Å². The normalized spacial score (nSPS) is 13.1. The third-order valence-electron chi connectivity index (χ3n) is 5.57. The molecule has 1 saturated carbocycles. The molecule has 5 rings (SSSR count). The summed E-state index contributed by atoms with van der Waals surface area (Å²) < 4.78 is 2.67. The van der Waals surface area contributed by atoms with Gasteiger partial charge in [-0.05, 0) is 73.0 Å². The molecule has 2 aromatic heterocycles. The number of aromatic nitrogens is 6. The van der Waals surface area contributed by atoms with Gasteiger partial charge in [-0.25, -0.2) is 0 Å². The number of halogens is 2. The lowest BCUT2D eigenvalue weighted by Gasteiger charge is -2.13. The molecule has 4 aromatic rings. The first-order chi connectivity index (χ1) is 16.8. The van der Waals surface area contributed by atoms with Crippen LogP contribution < -0.4 is 11.1 Å². The second kappa shape index (κ2) is 9.23. The number of nitrogens with one attached hydrogen (secondary N) is 1. The van der Waals surface area contributed by atoms with Crippen LogP contribution in [0.15, 0.2) is 46.9 Å². The van der Waals surface area contributed by atoms with Crippen LogP contribution in [0.5, 0.6) is 0 Å². The standard InChI is InChI=1S/C23H20BrClN8O2/c1-12-8-15(25)9-18(21(26)34)20(12)27-23(35)19-10-16(29-33(19)17-6-7-17)11-32-30-22(28-31-32)13-2-4-14(24)5-3-13/h2-5,8-10,17H,6-7,11H2,1H3,(H2,26,34)(H,27,35). The van der Waals surface area contributed by atoms with E-state index in [4.69, 9.17) is 17.3 Å². The molecule has 0 saturated heterocycles. The van der Waals surface area contributed by atoms with Crippen LogP contribution in [0.1, 0.15) is 51.0 Å². The van der Waals surface area contributed by atoms with Crippen LogP contribution in [0.3, 0.4) is 0 Å². The van der Waals surface area contributed by atoms with Crippen molar-refractivity contribution in [2.45, 2.75) is 32.4 Å². The van der Waals surface area contributed by atoms with E-state index in [0.29, 0.717) is 33.5 Å². The highest BCUT2D eigenvalue weighted by Crippen LogP contribution is 2.36. The largest absolute Gasteiger partial charge is 0.366 e. The zero-order valence-corrected chi connectivity index (χ0v) is 20.9. The number of hydrogen-bond acceptors (Lipinski definition) is 6. The predicted octanol–water partition coefficient (Wildman–Crippen LogP) is 4.00. The molecule has 0 bridgehead atoms. The number of primary amides is 1. The number of nitrogens with zero attached hydrogens (tertiary/aromatic N) is 6. The average Bonchev–Trinajstić information content (AvgIpc) is 3.41. The van der Waals surface area contributed by atoms with Gasteiger partial charge in [-0.1, -0.05) is 27.5 Å². The first-order valence-corrected chi connectivity index (χ1v) is 12.0. The van der Waals surface area contributed by atoms with Crippen molar-refractivity contribution in [2.75, 3.05) is 5.32 Å². The van der Waals surface area contributed by atoms with Gasteiger partial charge in [-0.2, -0.15) is 9.90 Å². The summed E-state index contributed by atoms with van der Waals surface area (Å²) in [5.41, 5.74) is 8.44. The van der Waals surface area contributed by atoms with Crippen LogP contribution in [-0.4, -0.2) is 41.8 Å². The Labute approximate surface area is 213 Å². The van der Waals surface area contributed by atoms with Gasteiger partial charge in [-0.3, -0.25) is 14.3 Å². The van der Waals surface area contributed by atoms with Gasteiger partial charge >= 0.3 is 0 Å². The Morgan fingerprint density at radius 1 is 1.17 bits per heavy atom. The van der Waals surface area contributed by atoms with Gasteiger partial charge in [0.15, 0.2) is 0 Å². The second-order valence-corrected chi connectivity index (χ2v) is 9.66. The molecule has 0 unspecified atom stereocenters. The fourth-order valence-electron chi connectivity index (χ4n) is 3.74. The van der Waals surface area contributed by atoms with Gasteiger partial charge in [0.2, 0.25) is 5.82 Å². The Balaban J connectivity index is 1.40. The molecule has 178 valence electrons. The maximum atomic E-state index is 13.3. The molecule has 3 N–H and O–H groups in total. The molecule has 1 aliphatic rings. The number of carbonyl (C=O) groups excluding carboxylic acids is 2. The molecule has 10 nitrogen and oxygen atoms in total. The molecule has 2 heterocycles. The van der Waals surface area contributed by atoms with Crippen molar-refractivity contribution in [1.29, 1.82) is 0 Å². The summed E-state index contributed by atoms with van der Waals surface area (Å²) in [6.07, 6.45) is 1.87. The van der Waals surface area contributed by atoms with Crippen molar-refractivity contribution in [2.24, 2.45) is 5.73 Å². The van der Waals surface area contributed by atoms with E-state index in [-0.39, 0.29) is 18.2 Å². The molecule has 0 atom stereocenters. The van der Waals surface area contributed by atoms with E-state index in [0.717, 1.165) is 22.9 Å². The van der Waals surface area contributed by atoms with Crippen molar-refractivity contribution in [1.82, 2.24) is 30.0 Å². The minimum Gasteiger partial charge on any atom is -0.366 e. The molecule has 1 aliphatic carbocycles. The number of aryl methyl sites for hydroxylation is 1. The highest BCUT2D eigenvalue weighted by atomic mass is 79.9. The minimum absolute atomic E-state index is 0.147. The summed E-state index contributed by atoms with van der Waals surface area (Å²) in [5.74, 6) is -0.582. The van der Waals surface area contributed by atoms with E-state index < -0.39 is 11.8 Å². The molecule has 1 fully saturated rings. The summed E-state index contributed by atoms with van der Waals surface area (Å²) in [7, 11) is 0. The van der Waals surface area contributed by atoms with Gasteiger partial charge in [0.25, 0.3) is 11.8 Å². The zero-order chi connectivity index (χ0) is 24.7. The Bertz CT molecular complexity index is 1440. The van der Waals surface area contributed by atoms with Crippen molar-refractivity contribution >= 4 is 45.0 Å². The fourth-order valence-corrected chi connectivity index (χ4v) is 4.28. The minimum atomic E-state index is -0.680. The van der Waals surface area contributed by atoms with Crippen LogP contribution in [0.2, 0.25) is 5.02 Å². The number of benzene rings is 2. The van der Waals surface area contributed by atoms with Gasteiger partial charge in [0.1, 0.15) is 12.2 Å². The quantitative estimate of drug-likeness (QED) is 0.354. The molecule has 2 aromatic carbocycles. The average molecular weight is 556 g/mol. The Morgan fingerprint density at radius 3 is 2.60 bits per heavy atom. The molecule has 12 heteroatoms. The smallest absolute Gasteiger partial charge is 0.273 e. The summed E-state index contributed by atoms with van der Waals surface area (Å²) in [6.45, 7) is 1.99. The monoisotopic (exact) mass is 554 g/mol. The maximum Gasteiger partial charge on any atom is 0.273 e. The van der Waals surface area contributed by atoms with Gasteiger partial charge in [-0.15, -0.1) is 10.2 Å². The van der Waals surface area contributed by atoms with E-state index in [1.165, 1.54) is 10.9 Å². The van der Waals surface area contributed by atoms with Crippen LogP contribution in [0, 0.1) is 6.92 Å². The molecule has 0 aliphatic heterocycles. The molecule has 0 spiro atoms. The number of anilines is 1. The topological polar surface area (TPSA) is 134 Å². The van der Waals surface area contributed by atoms with E-state index >= 15 is 0 Å². The molecule has 0 radical (unpaired) electrons. The van der Waals surface area contributed by atoms with Crippen molar-refractivity contribution in [3.8, 4) is 11.4 Å². The SMILES string of the molecule is Cc1cc(Cl)cc(C(N)=O)c1NC(=O)c1cc(Cn2nnc(-c3ccc(Br)cc3)n2)nn1C1CC1. The van der Waals surface area contributed by atoms with Gasteiger partial charge in [0.05, 0.1) is 23.0 Å². The number of amides is 2. The first kappa shape index (κ1) is 23.2. The highest BCUT2D eigenvalue weighted by Gasteiger charge is 2.30. The van der Waals surface area contributed by atoms with Crippen molar-refractivity contribution in [3.63, 3.8) is 0 Å². The number of hydrogen-bond donors (Lipinski definition) is 2. The molecular weight excluding hydrogens is 536 g/mol. The summed E-state index contributed by atoms with van der Waals surface area (Å²) in [4.78, 5) is 26.6. The summed E-state index contributed by atoms with van der Waals surface area (Å²) in [6, 6.07) is 12.6. The van der Waals surface area contributed by atoms with Crippen LogP contribution in [0.25, 0.3) is 11.4 Å². The Kier molecular flexibility index (Phi) is 6.12. The number of carbonyl (C=O) groups is 2. The van der Waals surface area contributed by atoms with E-state index in [9.17, 15) is 9.59 Å². The Hall–Kier alpha value is -3.57. The summed E-state index contributed by atoms with van der Waals surface area (Å²) >= 11 is 9.48. The van der Waals surface area contributed by atoms with Crippen molar-refractivity contribution < 1.29 is 9.59 Å². The third kappa shape index (κ3) is 4.96. The number of rotatable bonds is 7. The lowest BCUT2D eigenvalue weighted by Crippen LogP contribution is -2.21. The number of tetrazole rings is 1. The Morgan fingerprint density at radius 2 is 1.91 bits per heavy atom. The lowest BCUT2D eigenvalue weighted by molar-refractivity contribution is 0.100. The van der Waals surface area contributed by atoms with Crippen LogP contribution in [0.4, 0.5) is 5.69 Å². The van der Waals surface area contributed by atoms with Gasteiger partial charge < -0.3 is 11.1 Å². The first-order valence-electron chi connectivity index (χ1n) is 10.8. The molecule has 35 heavy (non-hydrogen) atoms. The maximum absolute atomic E-state index is 13.3. The van der Waals surface area contributed by atoms with Crippen LogP contribution >= 0.6 is 27.5 Å². The number of nitrogens with two attached hydrogens (primary N) is 1. The summed E-state index contributed by atoms with van der Waals surface area (Å²) in [5, 5.41) is 20.5. The molecule has 2 amide bonds. The van der Waals surface area contributed by atoms with Gasteiger partial charge in [0, 0.05) is 15.1 Å². The lowest BCUT2D eigenvalue weighted by atomic mass is 10.1. The van der Waals surface area contributed by atoms with E-state index in [1.807, 2.05) is 24.3 Å². The zero-order valence-electron chi connectivity index (χ0n) is 18.6. The highest BCUT2D eigenvalue weighted by molar-refractivity contribution is 9.10. The molecular formula is C23H20BrClN8O2. The van der Waals surface area contributed by atoms with E-state index in [2.05, 4.69) is 41.8 Å². The fraction of sp³-hybridized carbons (Fsp3) is 0.217. The third-order valence-corrected chi connectivity index (χ3v) is 6.32. The van der Waals surface area contributed by atoms with Crippen molar-refractivity contribution in [3.05, 3.63) is 74.5 Å². The van der Waals surface area contributed by atoms with E-state index in [1.54, 1.807) is 23.7 Å². The second-order valence-electron chi connectivity index (χ2n) is 8.31.